The number of carbonyl (C=O) groups excluding carboxylic acids is 1. The zero-order valence-corrected chi connectivity index (χ0v) is 12.2. The topological polar surface area (TPSA) is 67.1 Å². The number of amides is 1. The van der Waals surface area contributed by atoms with Crippen molar-refractivity contribution < 1.29 is 4.79 Å². The van der Waals surface area contributed by atoms with Gasteiger partial charge in [-0.15, -0.1) is 0 Å². The molecule has 1 heterocycles. The molecule has 3 atom stereocenters. The van der Waals surface area contributed by atoms with Gasteiger partial charge in [-0.1, -0.05) is 13.8 Å². The summed E-state index contributed by atoms with van der Waals surface area (Å²) in [6.07, 6.45) is 4.08. The molecule has 0 spiro atoms. The Morgan fingerprint density at radius 1 is 1.25 bits per heavy atom. The Labute approximate surface area is 120 Å². The molecule has 4 heteroatoms. The van der Waals surface area contributed by atoms with Crippen molar-refractivity contribution in [3.8, 4) is 0 Å². The fraction of sp³-hybridized carbons (Fsp3) is 0.562. The predicted octanol–water partition coefficient (Wildman–Crippen LogP) is 3.00. The summed E-state index contributed by atoms with van der Waals surface area (Å²) < 4.78 is 0. The van der Waals surface area contributed by atoms with Gasteiger partial charge in [0.05, 0.1) is 17.8 Å². The van der Waals surface area contributed by atoms with E-state index >= 15 is 0 Å². The van der Waals surface area contributed by atoms with Crippen LogP contribution in [0.4, 0.5) is 17.1 Å². The van der Waals surface area contributed by atoms with Gasteiger partial charge < -0.3 is 16.4 Å². The minimum absolute atomic E-state index is 0.0525. The number of rotatable bonds is 2. The Morgan fingerprint density at radius 3 is 2.80 bits per heavy atom. The van der Waals surface area contributed by atoms with Crippen LogP contribution in [-0.2, 0) is 11.2 Å². The van der Waals surface area contributed by atoms with Crippen LogP contribution in [0.15, 0.2) is 12.1 Å². The smallest absolute Gasteiger partial charge is 0.228 e. The molecule has 3 unspecified atom stereocenters. The number of nitrogen functional groups attached to an aromatic ring is 1. The van der Waals surface area contributed by atoms with Crippen molar-refractivity contribution in [3.63, 3.8) is 0 Å². The van der Waals surface area contributed by atoms with Crippen LogP contribution in [-0.4, -0.2) is 11.9 Å². The van der Waals surface area contributed by atoms with Gasteiger partial charge in [-0.05, 0) is 48.8 Å². The lowest BCUT2D eigenvalue weighted by Crippen LogP contribution is -2.30. The van der Waals surface area contributed by atoms with Crippen molar-refractivity contribution in [2.45, 2.75) is 45.6 Å². The first-order valence-electron chi connectivity index (χ1n) is 7.51. The third-order valence-corrected chi connectivity index (χ3v) is 4.86. The van der Waals surface area contributed by atoms with Crippen LogP contribution in [0.5, 0.6) is 0 Å². The maximum Gasteiger partial charge on any atom is 0.228 e. The number of anilines is 3. The summed E-state index contributed by atoms with van der Waals surface area (Å²) in [4.78, 5) is 11.4. The van der Waals surface area contributed by atoms with E-state index < -0.39 is 0 Å². The van der Waals surface area contributed by atoms with Crippen LogP contribution in [0.3, 0.4) is 0 Å². The molecule has 4 N–H and O–H groups in total. The molecule has 1 aromatic rings. The number of nitrogens with two attached hydrogens (primary N) is 1. The lowest BCUT2D eigenvalue weighted by atomic mass is 9.79. The molecular weight excluding hydrogens is 250 g/mol. The molecule has 3 rings (SSSR count). The highest BCUT2D eigenvalue weighted by molar-refractivity contribution is 6.00. The average Bonchev–Trinajstić information content (AvgIpc) is 2.73. The maximum absolute atomic E-state index is 11.4. The van der Waals surface area contributed by atoms with Crippen LogP contribution in [0.1, 0.15) is 38.7 Å². The second kappa shape index (κ2) is 5.00. The van der Waals surface area contributed by atoms with Gasteiger partial charge in [-0.25, -0.2) is 0 Å². The zero-order chi connectivity index (χ0) is 14.3. The number of fused-ring (bicyclic) bond motifs is 1. The lowest BCUT2D eigenvalue weighted by molar-refractivity contribution is -0.115. The molecule has 0 aromatic heterocycles. The van der Waals surface area contributed by atoms with E-state index in [0.717, 1.165) is 34.5 Å². The molecular formula is C16H23N3O. The molecule has 1 aliphatic carbocycles. The van der Waals surface area contributed by atoms with Gasteiger partial charge in [0.2, 0.25) is 5.91 Å². The molecule has 1 aromatic carbocycles. The summed E-state index contributed by atoms with van der Waals surface area (Å²) >= 11 is 0. The third-order valence-electron chi connectivity index (χ3n) is 4.86. The Hall–Kier alpha value is -1.71. The number of nitrogens with one attached hydrogen (secondary N) is 2. The summed E-state index contributed by atoms with van der Waals surface area (Å²) in [7, 11) is 0. The van der Waals surface area contributed by atoms with E-state index in [1.54, 1.807) is 0 Å². The van der Waals surface area contributed by atoms with E-state index in [4.69, 9.17) is 5.73 Å². The fourth-order valence-electron chi connectivity index (χ4n) is 3.32. The summed E-state index contributed by atoms with van der Waals surface area (Å²) in [6, 6.07) is 4.39. The van der Waals surface area contributed by atoms with Crippen LogP contribution >= 0.6 is 0 Å². The monoisotopic (exact) mass is 273 g/mol. The first-order chi connectivity index (χ1) is 9.52. The van der Waals surface area contributed by atoms with Crippen LogP contribution in [0.25, 0.3) is 0 Å². The molecule has 108 valence electrons. The number of benzene rings is 1. The van der Waals surface area contributed by atoms with Gasteiger partial charge in [0.1, 0.15) is 0 Å². The molecule has 20 heavy (non-hydrogen) atoms. The molecule has 0 bridgehead atoms. The minimum atomic E-state index is 0.0525. The van der Waals surface area contributed by atoms with Crippen molar-refractivity contribution in [3.05, 3.63) is 17.7 Å². The number of hydrogen-bond donors (Lipinski definition) is 3. The normalized spacial score (nSPS) is 28.9. The van der Waals surface area contributed by atoms with Gasteiger partial charge in [0, 0.05) is 11.7 Å². The summed E-state index contributed by atoms with van der Waals surface area (Å²) in [5.74, 6) is 1.61. The van der Waals surface area contributed by atoms with Crippen molar-refractivity contribution in [2.75, 3.05) is 16.4 Å². The fourth-order valence-corrected chi connectivity index (χ4v) is 3.32. The number of carbonyl (C=O) groups is 1. The largest absolute Gasteiger partial charge is 0.397 e. The van der Waals surface area contributed by atoms with Crippen LogP contribution in [0, 0.1) is 11.8 Å². The zero-order valence-electron chi connectivity index (χ0n) is 12.2. The molecule has 0 radical (unpaired) electrons. The highest BCUT2D eigenvalue weighted by atomic mass is 16.1. The second-order valence-corrected chi connectivity index (χ2v) is 6.43. The molecule has 0 saturated heterocycles. The highest BCUT2D eigenvalue weighted by Crippen LogP contribution is 2.35. The van der Waals surface area contributed by atoms with Crippen molar-refractivity contribution in [1.82, 2.24) is 0 Å². The lowest BCUT2D eigenvalue weighted by Gasteiger charge is -2.33. The van der Waals surface area contributed by atoms with E-state index in [-0.39, 0.29) is 5.91 Å². The van der Waals surface area contributed by atoms with Crippen molar-refractivity contribution in [2.24, 2.45) is 11.8 Å². The molecule has 4 nitrogen and oxygen atoms in total. The van der Waals surface area contributed by atoms with Crippen LogP contribution < -0.4 is 16.4 Å². The molecule has 2 aliphatic rings. The van der Waals surface area contributed by atoms with Gasteiger partial charge >= 0.3 is 0 Å². The van der Waals surface area contributed by atoms with Gasteiger partial charge in [-0.3, -0.25) is 4.79 Å². The Morgan fingerprint density at radius 2 is 2.05 bits per heavy atom. The number of hydrogen-bond acceptors (Lipinski definition) is 3. The maximum atomic E-state index is 11.4. The van der Waals surface area contributed by atoms with E-state index in [1.165, 1.54) is 19.3 Å². The summed E-state index contributed by atoms with van der Waals surface area (Å²) in [5, 5.41) is 6.45. The summed E-state index contributed by atoms with van der Waals surface area (Å²) in [6.45, 7) is 4.66. The predicted molar refractivity (Wildman–Crippen MR) is 82.8 cm³/mol. The Balaban J connectivity index is 1.75. The highest BCUT2D eigenvalue weighted by Gasteiger charge is 2.25. The molecule has 1 aliphatic heterocycles. The van der Waals surface area contributed by atoms with Gasteiger partial charge in [-0.2, -0.15) is 0 Å². The standard InChI is InChI=1S/C16H23N3O/c1-9-3-4-12(5-10(9)2)18-15-8-14-11(6-13(15)17)7-16(20)19-14/h6,8-10,12,18H,3-5,7,17H2,1-2H3,(H,19,20). The van der Waals surface area contributed by atoms with Gasteiger partial charge in [0.25, 0.3) is 0 Å². The molecule has 1 fully saturated rings. The first-order valence-corrected chi connectivity index (χ1v) is 7.51. The Kier molecular flexibility index (Phi) is 3.32. The van der Waals surface area contributed by atoms with Crippen LogP contribution in [0.2, 0.25) is 0 Å². The minimum Gasteiger partial charge on any atom is -0.397 e. The third kappa shape index (κ3) is 2.47. The van der Waals surface area contributed by atoms with Gasteiger partial charge in [0.15, 0.2) is 0 Å². The second-order valence-electron chi connectivity index (χ2n) is 6.43. The average molecular weight is 273 g/mol. The van der Waals surface area contributed by atoms with Crippen molar-refractivity contribution >= 4 is 23.0 Å². The first kappa shape index (κ1) is 13.3. The quantitative estimate of drug-likeness (QED) is 0.726. The van der Waals surface area contributed by atoms with E-state index in [9.17, 15) is 4.79 Å². The van der Waals surface area contributed by atoms with E-state index in [1.807, 2.05) is 12.1 Å². The van der Waals surface area contributed by atoms with E-state index in [0.29, 0.717) is 12.5 Å². The summed E-state index contributed by atoms with van der Waals surface area (Å²) in [5.41, 5.74) is 9.72. The molecule has 1 saturated carbocycles. The van der Waals surface area contributed by atoms with Crippen molar-refractivity contribution in [1.29, 1.82) is 0 Å². The van der Waals surface area contributed by atoms with E-state index in [2.05, 4.69) is 24.5 Å². The Bertz CT molecular complexity index is 541. The SMILES string of the molecule is CC1CCC(Nc2cc3c(cc2N)CC(=O)N3)CC1C. The molecule has 1 amide bonds.